The predicted octanol–water partition coefficient (Wildman–Crippen LogP) is 0.922. The van der Waals surface area contributed by atoms with Crippen LogP contribution in [0.2, 0.25) is 0 Å². The average Bonchev–Trinajstić information content (AvgIpc) is 2.30. The number of aromatic nitrogens is 2. The highest BCUT2D eigenvalue weighted by molar-refractivity contribution is 5.92. The lowest BCUT2D eigenvalue weighted by Gasteiger charge is -2.19. The molecular weight excluding hydrogens is 152 g/mol. The van der Waals surface area contributed by atoms with Gasteiger partial charge >= 0.3 is 0 Å². The van der Waals surface area contributed by atoms with Crippen molar-refractivity contribution in [3.05, 3.63) is 18.2 Å². The molecule has 0 aliphatic carbocycles. The zero-order valence-electron chi connectivity index (χ0n) is 7.63. The third-order valence-electron chi connectivity index (χ3n) is 1.63. The van der Waals surface area contributed by atoms with Crippen LogP contribution in [0.1, 0.15) is 26.5 Å². The van der Waals surface area contributed by atoms with Crippen LogP contribution in [0.5, 0.6) is 0 Å². The lowest BCUT2D eigenvalue weighted by molar-refractivity contribution is 0.396. The Morgan fingerprint density at radius 1 is 1.58 bits per heavy atom. The van der Waals surface area contributed by atoms with Crippen molar-refractivity contribution in [1.82, 2.24) is 9.55 Å². The standard InChI is InChI=1S/C8H14N4/c1-8(2,3)12-4-6(7(9)10)11-5-12/h4-5H,1-3H3,(H3,9,10). The molecule has 3 N–H and O–H groups in total. The minimum absolute atomic E-state index is 0.000694. The van der Waals surface area contributed by atoms with Crippen LogP contribution >= 0.6 is 0 Å². The Morgan fingerprint density at radius 2 is 2.17 bits per heavy atom. The highest BCUT2D eigenvalue weighted by atomic mass is 15.1. The monoisotopic (exact) mass is 166 g/mol. The molecule has 0 amide bonds. The predicted molar refractivity (Wildman–Crippen MR) is 48.2 cm³/mol. The number of nitrogens with zero attached hydrogens (tertiary/aromatic N) is 2. The number of imidazole rings is 1. The van der Waals surface area contributed by atoms with Gasteiger partial charge in [-0.05, 0) is 20.8 Å². The molecule has 0 aliphatic heterocycles. The molecule has 0 atom stereocenters. The van der Waals surface area contributed by atoms with E-state index in [-0.39, 0.29) is 11.4 Å². The Morgan fingerprint density at radius 3 is 2.42 bits per heavy atom. The zero-order valence-corrected chi connectivity index (χ0v) is 7.63. The van der Waals surface area contributed by atoms with Gasteiger partial charge < -0.3 is 10.3 Å². The van der Waals surface area contributed by atoms with Crippen LogP contribution in [0.15, 0.2) is 12.5 Å². The molecule has 4 nitrogen and oxygen atoms in total. The molecule has 0 radical (unpaired) electrons. The molecule has 1 heterocycles. The molecule has 0 saturated carbocycles. The van der Waals surface area contributed by atoms with Gasteiger partial charge in [0.15, 0.2) is 0 Å². The van der Waals surface area contributed by atoms with Crippen molar-refractivity contribution < 1.29 is 0 Å². The van der Waals surface area contributed by atoms with Gasteiger partial charge in [-0.1, -0.05) is 0 Å². The van der Waals surface area contributed by atoms with Crippen LogP contribution in [-0.4, -0.2) is 15.4 Å². The fourth-order valence-corrected chi connectivity index (χ4v) is 0.829. The van der Waals surface area contributed by atoms with Crippen molar-refractivity contribution in [2.24, 2.45) is 5.73 Å². The number of rotatable bonds is 1. The smallest absolute Gasteiger partial charge is 0.143 e. The van der Waals surface area contributed by atoms with Crippen molar-refractivity contribution in [3.8, 4) is 0 Å². The fraction of sp³-hybridized carbons (Fsp3) is 0.500. The van der Waals surface area contributed by atoms with Gasteiger partial charge in [-0.2, -0.15) is 0 Å². The van der Waals surface area contributed by atoms with E-state index in [9.17, 15) is 0 Å². The number of amidine groups is 1. The van der Waals surface area contributed by atoms with Crippen LogP contribution in [0.25, 0.3) is 0 Å². The molecule has 0 saturated heterocycles. The first-order valence-electron chi connectivity index (χ1n) is 3.80. The van der Waals surface area contributed by atoms with E-state index < -0.39 is 0 Å². The lowest BCUT2D eigenvalue weighted by atomic mass is 10.1. The second kappa shape index (κ2) is 2.62. The van der Waals surface area contributed by atoms with E-state index in [2.05, 4.69) is 25.8 Å². The molecular formula is C8H14N4. The lowest BCUT2D eigenvalue weighted by Crippen LogP contribution is -2.20. The molecule has 0 bridgehead atoms. The SMILES string of the molecule is CC(C)(C)n1cnc(C(=N)N)c1. The normalized spacial score (nSPS) is 11.6. The Bertz CT molecular complexity index is 292. The van der Waals surface area contributed by atoms with Gasteiger partial charge in [0.2, 0.25) is 0 Å². The van der Waals surface area contributed by atoms with E-state index in [1.54, 1.807) is 12.5 Å². The van der Waals surface area contributed by atoms with Gasteiger partial charge in [-0.15, -0.1) is 0 Å². The van der Waals surface area contributed by atoms with Gasteiger partial charge in [0.05, 0.1) is 6.33 Å². The topological polar surface area (TPSA) is 67.7 Å². The molecule has 12 heavy (non-hydrogen) atoms. The maximum Gasteiger partial charge on any atom is 0.143 e. The Hall–Kier alpha value is -1.32. The number of nitrogens with one attached hydrogen (secondary N) is 1. The van der Waals surface area contributed by atoms with Crippen LogP contribution in [-0.2, 0) is 5.54 Å². The van der Waals surface area contributed by atoms with Crippen LogP contribution in [0.3, 0.4) is 0 Å². The van der Waals surface area contributed by atoms with Gasteiger partial charge in [0.1, 0.15) is 11.5 Å². The summed E-state index contributed by atoms with van der Waals surface area (Å²) < 4.78 is 1.93. The molecule has 66 valence electrons. The number of nitrogens with two attached hydrogens (primary N) is 1. The van der Waals surface area contributed by atoms with Gasteiger partial charge in [0.25, 0.3) is 0 Å². The summed E-state index contributed by atoms with van der Waals surface area (Å²) in [5, 5.41) is 7.16. The van der Waals surface area contributed by atoms with Crippen molar-refractivity contribution >= 4 is 5.84 Å². The molecule has 1 rings (SSSR count). The highest BCUT2D eigenvalue weighted by Crippen LogP contribution is 2.13. The molecule has 1 aromatic rings. The van der Waals surface area contributed by atoms with E-state index in [1.165, 1.54) is 0 Å². The minimum atomic E-state index is 0.000694. The van der Waals surface area contributed by atoms with E-state index in [0.717, 1.165) is 0 Å². The maximum absolute atomic E-state index is 7.16. The number of hydrogen-bond donors (Lipinski definition) is 2. The first-order valence-corrected chi connectivity index (χ1v) is 3.80. The Kier molecular flexibility index (Phi) is 1.92. The third-order valence-corrected chi connectivity index (χ3v) is 1.63. The van der Waals surface area contributed by atoms with Crippen molar-refractivity contribution in [2.45, 2.75) is 26.3 Å². The summed E-state index contributed by atoms with van der Waals surface area (Å²) in [7, 11) is 0. The summed E-state index contributed by atoms with van der Waals surface area (Å²) in [5.41, 5.74) is 5.81. The van der Waals surface area contributed by atoms with Crippen LogP contribution < -0.4 is 5.73 Å². The summed E-state index contributed by atoms with van der Waals surface area (Å²) in [4.78, 5) is 4.00. The molecule has 4 heteroatoms. The zero-order chi connectivity index (χ0) is 9.35. The van der Waals surface area contributed by atoms with Gasteiger partial charge in [0, 0.05) is 11.7 Å². The molecule has 0 fully saturated rings. The van der Waals surface area contributed by atoms with Crippen molar-refractivity contribution in [1.29, 1.82) is 5.41 Å². The Labute approximate surface area is 71.9 Å². The Balaban J connectivity index is 3.00. The first-order chi connectivity index (χ1) is 5.41. The molecule has 0 aliphatic rings. The summed E-state index contributed by atoms with van der Waals surface area (Å²) in [6, 6.07) is 0. The summed E-state index contributed by atoms with van der Waals surface area (Å²) in [6.07, 6.45) is 3.47. The van der Waals surface area contributed by atoms with Crippen LogP contribution in [0, 0.1) is 5.41 Å². The summed E-state index contributed by atoms with van der Waals surface area (Å²) in [6.45, 7) is 6.20. The maximum atomic E-state index is 7.16. The molecule has 0 spiro atoms. The summed E-state index contributed by atoms with van der Waals surface area (Å²) in [5.74, 6) is 0.0120. The second-order valence-electron chi connectivity index (χ2n) is 3.75. The van der Waals surface area contributed by atoms with Crippen molar-refractivity contribution in [2.75, 3.05) is 0 Å². The third kappa shape index (κ3) is 1.64. The number of hydrogen-bond acceptors (Lipinski definition) is 2. The molecule has 0 unspecified atom stereocenters. The molecule has 0 aromatic carbocycles. The van der Waals surface area contributed by atoms with E-state index in [0.29, 0.717) is 5.69 Å². The number of nitrogen functional groups attached to an aromatic ring is 1. The fourth-order valence-electron chi connectivity index (χ4n) is 0.829. The van der Waals surface area contributed by atoms with Gasteiger partial charge in [-0.25, -0.2) is 4.98 Å². The van der Waals surface area contributed by atoms with Crippen molar-refractivity contribution in [3.63, 3.8) is 0 Å². The van der Waals surface area contributed by atoms with E-state index >= 15 is 0 Å². The van der Waals surface area contributed by atoms with Crippen LogP contribution in [0.4, 0.5) is 0 Å². The average molecular weight is 166 g/mol. The quantitative estimate of drug-likeness (QED) is 0.481. The largest absolute Gasteiger partial charge is 0.382 e. The summed E-state index contributed by atoms with van der Waals surface area (Å²) >= 11 is 0. The van der Waals surface area contributed by atoms with E-state index in [4.69, 9.17) is 11.1 Å². The van der Waals surface area contributed by atoms with Gasteiger partial charge in [-0.3, -0.25) is 5.41 Å². The molecule has 1 aromatic heterocycles. The first kappa shape index (κ1) is 8.77. The second-order valence-corrected chi connectivity index (χ2v) is 3.75. The highest BCUT2D eigenvalue weighted by Gasteiger charge is 2.13. The minimum Gasteiger partial charge on any atom is -0.382 e. The van der Waals surface area contributed by atoms with E-state index in [1.807, 2.05) is 4.57 Å².